The van der Waals surface area contributed by atoms with Crippen molar-refractivity contribution < 1.29 is 9.47 Å². The predicted molar refractivity (Wildman–Crippen MR) is 69.4 cm³/mol. The Morgan fingerprint density at radius 2 is 1.65 bits per heavy atom. The highest BCUT2D eigenvalue weighted by atomic mass is 16.7. The molecule has 0 saturated carbocycles. The van der Waals surface area contributed by atoms with Crippen LogP contribution < -0.4 is 0 Å². The summed E-state index contributed by atoms with van der Waals surface area (Å²) in [6.45, 7) is 2.21. The van der Waals surface area contributed by atoms with Crippen LogP contribution in [0, 0.1) is 0 Å². The van der Waals surface area contributed by atoms with E-state index in [-0.39, 0.29) is 6.29 Å². The molecule has 0 saturated heterocycles. The van der Waals surface area contributed by atoms with E-state index in [1.54, 1.807) is 0 Å². The molecular weight excluding hydrogens is 212 g/mol. The molecule has 0 fully saturated rings. The average Bonchev–Trinajstić information content (AvgIpc) is 2.99. The Morgan fingerprint density at radius 3 is 2.06 bits per heavy atom. The summed E-state index contributed by atoms with van der Waals surface area (Å²) in [7, 11) is 0. The molecule has 0 atom stereocenters. The summed E-state index contributed by atoms with van der Waals surface area (Å²) in [6, 6.07) is 0. The van der Waals surface area contributed by atoms with Crippen LogP contribution in [0.5, 0.6) is 0 Å². The van der Waals surface area contributed by atoms with Crippen molar-refractivity contribution in [1.29, 1.82) is 0 Å². The standard InChI is InChI=1S/C15H24O2/c1-2-3-12-15(16-13-8-4-5-9-13)17-14-10-6-7-11-14/h8,10,15H,2-7,9,11-12H2,1H3. The van der Waals surface area contributed by atoms with E-state index < -0.39 is 0 Å². The molecule has 0 N–H and O–H groups in total. The third kappa shape index (κ3) is 4.10. The lowest BCUT2D eigenvalue weighted by Gasteiger charge is -2.21. The van der Waals surface area contributed by atoms with Crippen molar-refractivity contribution in [3.63, 3.8) is 0 Å². The van der Waals surface area contributed by atoms with Gasteiger partial charge < -0.3 is 9.47 Å². The van der Waals surface area contributed by atoms with Gasteiger partial charge in [-0.05, 0) is 44.3 Å². The zero-order chi connectivity index (χ0) is 11.9. The van der Waals surface area contributed by atoms with Crippen molar-refractivity contribution in [3.05, 3.63) is 23.7 Å². The molecule has 0 radical (unpaired) electrons. The summed E-state index contributed by atoms with van der Waals surface area (Å²) in [5.41, 5.74) is 0. The lowest BCUT2D eigenvalue weighted by Crippen LogP contribution is -2.16. The molecule has 0 aliphatic heterocycles. The van der Waals surface area contributed by atoms with E-state index in [0.29, 0.717) is 0 Å². The Morgan fingerprint density at radius 1 is 1.06 bits per heavy atom. The van der Waals surface area contributed by atoms with Gasteiger partial charge in [-0.25, -0.2) is 0 Å². The second kappa shape index (κ2) is 6.73. The summed E-state index contributed by atoms with van der Waals surface area (Å²) >= 11 is 0. The van der Waals surface area contributed by atoms with Gasteiger partial charge in [-0.2, -0.15) is 0 Å². The first kappa shape index (κ1) is 12.5. The second-order valence-corrected chi connectivity index (χ2v) is 4.93. The Balaban J connectivity index is 1.82. The van der Waals surface area contributed by atoms with Crippen molar-refractivity contribution in [2.75, 3.05) is 0 Å². The summed E-state index contributed by atoms with van der Waals surface area (Å²) in [5.74, 6) is 2.29. The largest absolute Gasteiger partial charge is 0.460 e. The van der Waals surface area contributed by atoms with E-state index in [0.717, 1.165) is 30.8 Å². The molecule has 17 heavy (non-hydrogen) atoms. The van der Waals surface area contributed by atoms with Crippen molar-refractivity contribution in [3.8, 4) is 0 Å². The number of rotatable bonds is 7. The van der Waals surface area contributed by atoms with Crippen LogP contribution >= 0.6 is 0 Å². The Hall–Kier alpha value is -0.920. The summed E-state index contributed by atoms with van der Waals surface area (Å²) in [5, 5.41) is 0. The maximum Gasteiger partial charge on any atom is 0.240 e. The van der Waals surface area contributed by atoms with Gasteiger partial charge in [0.1, 0.15) is 0 Å². The molecule has 2 aliphatic rings. The normalized spacial score (nSPS) is 19.4. The first-order valence-corrected chi connectivity index (χ1v) is 7.10. The van der Waals surface area contributed by atoms with Crippen LogP contribution in [0.15, 0.2) is 23.7 Å². The highest BCUT2D eigenvalue weighted by Crippen LogP contribution is 2.26. The van der Waals surface area contributed by atoms with E-state index in [1.165, 1.54) is 38.5 Å². The predicted octanol–water partition coefficient (Wildman–Crippen LogP) is 4.67. The Bertz CT molecular complexity index is 265. The Kier molecular flexibility index (Phi) is 4.96. The van der Waals surface area contributed by atoms with E-state index >= 15 is 0 Å². The summed E-state index contributed by atoms with van der Waals surface area (Å²) in [6.07, 6.45) is 14.7. The second-order valence-electron chi connectivity index (χ2n) is 4.93. The molecule has 0 amide bonds. The molecule has 2 heteroatoms. The molecule has 0 aromatic heterocycles. The van der Waals surface area contributed by atoms with Crippen molar-refractivity contribution in [1.82, 2.24) is 0 Å². The molecular formula is C15H24O2. The molecule has 0 aromatic carbocycles. The molecule has 2 rings (SSSR count). The fraction of sp³-hybridized carbons (Fsp3) is 0.733. The fourth-order valence-electron chi connectivity index (χ4n) is 2.35. The van der Waals surface area contributed by atoms with Gasteiger partial charge in [0.15, 0.2) is 0 Å². The van der Waals surface area contributed by atoms with Gasteiger partial charge in [-0.15, -0.1) is 0 Å². The molecule has 0 heterocycles. The SMILES string of the molecule is CCCCC(OC1=CCCC1)OC1=CCCC1. The molecule has 0 unspecified atom stereocenters. The van der Waals surface area contributed by atoms with Crippen LogP contribution in [-0.4, -0.2) is 6.29 Å². The third-order valence-electron chi connectivity index (χ3n) is 3.36. The van der Waals surface area contributed by atoms with E-state index in [9.17, 15) is 0 Å². The number of hydrogen-bond donors (Lipinski definition) is 0. The summed E-state index contributed by atoms with van der Waals surface area (Å²) < 4.78 is 11.9. The number of allylic oxidation sites excluding steroid dienone is 4. The minimum absolute atomic E-state index is 0.0522. The highest BCUT2D eigenvalue weighted by Gasteiger charge is 2.17. The van der Waals surface area contributed by atoms with Crippen LogP contribution in [0.4, 0.5) is 0 Å². The highest BCUT2D eigenvalue weighted by molar-refractivity contribution is 5.02. The van der Waals surface area contributed by atoms with Crippen LogP contribution in [0.3, 0.4) is 0 Å². The maximum absolute atomic E-state index is 5.97. The van der Waals surface area contributed by atoms with Crippen molar-refractivity contribution >= 4 is 0 Å². The van der Waals surface area contributed by atoms with Crippen LogP contribution in [0.25, 0.3) is 0 Å². The molecule has 2 nitrogen and oxygen atoms in total. The van der Waals surface area contributed by atoms with Gasteiger partial charge in [0.05, 0.1) is 11.5 Å². The van der Waals surface area contributed by atoms with Crippen molar-refractivity contribution in [2.24, 2.45) is 0 Å². The molecule has 96 valence electrons. The number of unbranched alkanes of at least 4 members (excludes halogenated alkanes) is 1. The number of hydrogen-bond acceptors (Lipinski definition) is 2. The van der Waals surface area contributed by atoms with Gasteiger partial charge in [0, 0.05) is 19.3 Å². The minimum atomic E-state index is -0.0522. The first-order chi connectivity index (χ1) is 8.38. The van der Waals surface area contributed by atoms with Crippen LogP contribution in [0.2, 0.25) is 0 Å². The average molecular weight is 236 g/mol. The fourth-order valence-corrected chi connectivity index (χ4v) is 2.35. The quantitative estimate of drug-likeness (QED) is 0.598. The van der Waals surface area contributed by atoms with Gasteiger partial charge in [-0.1, -0.05) is 13.3 Å². The third-order valence-corrected chi connectivity index (χ3v) is 3.36. The van der Waals surface area contributed by atoms with Crippen LogP contribution in [-0.2, 0) is 9.47 Å². The lowest BCUT2D eigenvalue weighted by molar-refractivity contribution is -0.0938. The van der Waals surface area contributed by atoms with E-state index in [1.807, 2.05) is 0 Å². The van der Waals surface area contributed by atoms with Gasteiger partial charge in [0.25, 0.3) is 0 Å². The maximum atomic E-state index is 5.97. The van der Waals surface area contributed by atoms with Gasteiger partial charge in [0.2, 0.25) is 6.29 Å². The minimum Gasteiger partial charge on any atom is -0.460 e. The monoisotopic (exact) mass is 236 g/mol. The lowest BCUT2D eigenvalue weighted by atomic mass is 10.2. The van der Waals surface area contributed by atoms with Crippen molar-refractivity contribution in [2.45, 2.75) is 71.0 Å². The van der Waals surface area contributed by atoms with Gasteiger partial charge >= 0.3 is 0 Å². The van der Waals surface area contributed by atoms with Gasteiger partial charge in [-0.3, -0.25) is 0 Å². The topological polar surface area (TPSA) is 18.5 Å². The zero-order valence-electron chi connectivity index (χ0n) is 10.9. The zero-order valence-corrected chi connectivity index (χ0v) is 10.9. The smallest absolute Gasteiger partial charge is 0.240 e. The van der Waals surface area contributed by atoms with E-state index in [2.05, 4.69) is 19.1 Å². The van der Waals surface area contributed by atoms with Crippen LogP contribution in [0.1, 0.15) is 64.7 Å². The first-order valence-electron chi connectivity index (χ1n) is 7.10. The molecule has 2 aliphatic carbocycles. The molecule has 0 aromatic rings. The van der Waals surface area contributed by atoms with E-state index in [4.69, 9.17) is 9.47 Å². The molecule has 0 bridgehead atoms. The Labute approximate surface area is 105 Å². The molecule has 0 spiro atoms. The number of ether oxygens (including phenoxy) is 2. The summed E-state index contributed by atoms with van der Waals surface area (Å²) in [4.78, 5) is 0.